The smallest absolute Gasteiger partial charge is 0.456 e. The summed E-state index contributed by atoms with van der Waals surface area (Å²) < 4.78 is 171. The Morgan fingerprint density at radius 1 is 0.476 bits per heavy atom. The van der Waals surface area contributed by atoms with Crippen LogP contribution in [0.4, 0.5) is 60.5 Å². The van der Waals surface area contributed by atoms with Crippen LogP contribution in [0.5, 0.6) is 23.0 Å². The van der Waals surface area contributed by atoms with E-state index >= 15 is 0 Å². The molecular weight excluding hydrogens is 915 g/mol. The zero-order valence-electron chi connectivity index (χ0n) is 31.0. The zero-order valence-corrected chi connectivity index (χ0v) is 33.4. The summed E-state index contributed by atoms with van der Waals surface area (Å²) >= 11 is 0. The van der Waals surface area contributed by atoms with Crippen LogP contribution < -0.4 is 20.1 Å². The van der Waals surface area contributed by atoms with Gasteiger partial charge in [-0.2, -0.15) is 26.3 Å². The summed E-state index contributed by atoms with van der Waals surface area (Å²) in [6, 6.07) is 24.1. The summed E-state index contributed by atoms with van der Waals surface area (Å²) in [5, 5.41) is 28.9. The molecule has 0 radical (unpaired) electrons. The summed E-state index contributed by atoms with van der Waals surface area (Å²) in [5.74, 6) is -2.90. The summed E-state index contributed by atoms with van der Waals surface area (Å²) in [5.41, 5.74) is -14.5. The topological polar surface area (TPSA) is 231 Å². The molecule has 328 valence electrons. The van der Waals surface area contributed by atoms with Crippen molar-refractivity contribution in [1.82, 2.24) is 0 Å². The predicted molar refractivity (Wildman–Crippen MR) is 211 cm³/mol. The maximum absolute atomic E-state index is 13.7. The number of rotatable bonds is 14. The van der Waals surface area contributed by atoms with Crippen molar-refractivity contribution in [1.29, 1.82) is 0 Å². The van der Waals surface area contributed by atoms with E-state index in [4.69, 9.17) is 9.47 Å². The van der Waals surface area contributed by atoms with Gasteiger partial charge in [0, 0.05) is 35.6 Å². The first-order valence-corrected chi connectivity index (χ1v) is 21.6. The molecule has 0 bridgehead atoms. The van der Waals surface area contributed by atoms with E-state index in [1.807, 2.05) is 0 Å². The second-order valence-corrected chi connectivity index (χ2v) is 18.4. The van der Waals surface area contributed by atoms with Gasteiger partial charge in [0.05, 0.1) is 19.6 Å². The molecule has 2 N–H and O–H groups in total. The minimum absolute atomic E-state index is 0.161. The molecule has 63 heavy (non-hydrogen) atoms. The number of hydrogen-bond acceptors (Lipinski definition) is 14. The highest BCUT2D eigenvalue weighted by Gasteiger charge is 2.50. The van der Waals surface area contributed by atoms with E-state index in [0.29, 0.717) is 12.1 Å². The van der Waals surface area contributed by atoms with Crippen LogP contribution in [-0.2, 0) is 29.5 Å². The summed E-state index contributed by atoms with van der Waals surface area (Å²) in [6.45, 7) is 0. The van der Waals surface area contributed by atoms with Gasteiger partial charge in [0.2, 0.25) is 9.84 Å². The largest absolute Gasteiger partial charge is 0.502 e. The van der Waals surface area contributed by atoms with Gasteiger partial charge in [0.15, 0.2) is 0 Å². The Balaban J connectivity index is 1.31. The molecule has 6 aromatic carbocycles. The molecule has 0 saturated carbocycles. The van der Waals surface area contributed by atoms with Gasteiger partial charge in [0.1, 0.15) is 44.2 Å². The van der Waals surface area contributed by atoms with Crippen molar-refractivity contribution in [2.75, 3.05) is 10.6 Å². The van der Waals surface area contributed by atoms with Crippen LogP contribution in [0.15, 0.2) is 153 Å². The second-order valence-electron chi connectivity index (χ2n) is 12.7. The van der Waals surface area contributed by atoms with Crippen LogP contribution in [0.25, 0.3) is 0 Å². The van der Waals surface area contributed by atoms with Gasteiger partial charge < -0.3 is 20.1 Å². The van der Waals surface area contributed by atoms with E-state index in [9.17, 15) is 71.8 Å². The highest BCUT2D eigenvalue weighted by Crippen LogP contribution is 2.45. The van der Waals surface area contributed by atoms with Crippen LogP contribution in [0.1, 0.15) is 0 Å². The minimum Gasteiger partial charge on any atom is -0.456 e. The number of benzene rings is 6. The normalized spacial score (nSPS) is 12.3. The van der Waals surface area contributed by atoms with Crippen LogP contribution in [-0.4, -0.2) is 46.1 Å². The van der Waals surface area contributed by atoms with Crippen LogP contribution in [0, 0.1) is 20.2 Å². The average molecular weight is 939 g/mol. The molecule has 0 heterocycles. The van der Waals surface area contributed by atoms with Crippen molar-refractivity contribution < 1.29 is 70.9 Å². The molecule has 0 amide bonds. The molecule has 0 spiro atoms. The number of halogens is 6. The highest BCUT2D eigenvalue weighted by molar-refractivity contribution is 7.92. The number of hydrogen-bond donors (Lipinski definition) is 2. The van der Waals surface area contributed by atoms with Gasteiger partial charge in [0.25, 0.3) is 31.0 Å². The average Bonchev–Trinajstić information content (AvgIpc) is 3.21. The maximum Gasteiger partial charge on any atom is 0.502 e. The Kier molecular flexibility index (Phi) is 12.1. The fourth-order valence-corrected chi connectivity index (χ4v) is 8.57. The highest BCUT2D eigenvalue weighted by atomic mass is 32.2. The molecule has 6 rings (SSSR count). The number of anilines is 4. The van der Waals surface area contributed by atoms with Crippen molar-refractivity contribution in [2.45, 2.75) is 30.6 Å². The monoisotopic (exact) mass is 938 g/mol. The lowest BCUT2D eigenvalue weighted by molar-refractivity contribution is -0.384. The number of nitrogens with zero attached hydrogens (tertiary/aromatic N) is 2. The summed E-state index contributed by atoms with van der Waals surface area (Å²) in [6.07, 6.45) is 0. The molecule has 0 saturated heterocycles. The second kappa shape index (κ2) is 16.9. The molecule has 25 heteroatoms. The lowest BCUT2D eigenvalue weighted by Crippen LogP contribution is -2.24. The third kappa shape index (κ3) is 9.48. The number of nitro groups is 2. The number of ether oxygens (including phenoxy) is 2. The fraction of sp³-hybridized carbons (Fsp3) is 0.0526. The maximum atomic E-state index is 13.7. The number of para-hydroxylation sites is 2. The third-order valence-electron chi connectivity index (χ3n) is 8.54. The number of alkyl halides is 6. The van der Waals surface area contributed by atoms with Crippen molar-refractivity contribution in [3.63, 3.8) is 0 Å². The van der Waals surface area contributed by atoms with Crippen LogP contribution in [0.2, 0.25) is 0 Å². The first-order valence-electron chi connectivity index (χ1n) is 17.1. The SMILES string of the molecule is O=[N+]([O-])c1cc(S(=O)(=O)C(F)(F)F)c(Oc2ccc(S(=O)(=O)c3ccc(Oc4cc(Nc5ccccc5)c([N+](=O)[O-])cc4S(=O)(=O)C(F)(F)F)cc3)cc2)cc1Nc1ccccc1. The van der Waals surface area contributed by atoms with Crippen LogP contribution >= 0.6 is 0 Å². The van der Waals surface area contributed by atoms with Gasteiger partial charge in [-0.3, -0.25) is 20.2 Å². The van der Waals surface area contributed by atoms with E-state index in [2.05, 4.69) is 10.6 Å². The van der Waals surface area contributed by atoms with Crippen molar-refractivity contribution in [2.24, 2.45) is 0 Å². The lowest BCUT2D eigenvalue weighted by atomic mass is 10.2. The third-order valence-corrected chi connectivity index (χ3v) is 13.3. The van der Waals surface area contributed by atoms with Crippen LogP contribution in [0.3, 0.4) is 0 Å². The summed E-state index contributed by atoms with van der Waals surface area (Å²) in [7, 11) is -17.1. The molecule has 16 nitrogen and oxygen atoms in total. The van der Waals surface area contributed by atoms with E-state index < -0.39 is 116 Å². The van der Waals surface area contributed by atoms with Gasteiger partial charge in [-0.15, -0.1) is 0 Å². The molecule has 0 aliphatic rings. The molecule has 0 atom stereocenters. The fourth-order valence-electron chi connectivity index (χ4n) is 5.55. The van der Waals surface area contributed by atoms with Gasteiger partial charge in [-0.1, -0.05) is 36.4 Å². The van der Waals surface area contributed by atoms with Gasteiger partial charge in [-0.25, -0.2) is 25.3 Å². The van der Waals surface area contributed by atoms with E-state index in [-0.39, 0.29) is 23.5 Å². The first kappa shape index (κ1) is 45.3. The molecule has 0 fully saturated rings. The Hall–Kier alpha value is -7.25. The lowest BCUT2D eigenvalue weighted by Gasteiger charge is -2.16. The standard InChI is InChI=1S/C38H24F6N4O12S3/c39-37(40,41)62(55,56)35-21-31(47(49)50)29(45-23-7-3-1-4-8-23)19-33(35)59-25-11-15-27(16-12-25)61(53,54)28-17-13-26(14-18-28)60-34-20-30(46-24-9-5-2-6-10-24)32(48(51)52)22-36(34)63(57,58)38(42,43)44/h1-22,45-46H. The van der Waals surface area contributed by atoms with Gasteiger partial charge in [-0.05, 0) is 72.8 Å². The van der Waals surface area contributed by atoms with Crippen molar-refractivity contribution in [3.05, 3.63) is 154 Å². The first-order chi connectivity index (χ1) is 29.4. The Morgan fingerprint density at radius 3 is 1.08 bits per heavy atom. The van der Waals surface area contributed by atoms with E-state index in [1.165, 1.54) is 48.5 Å². The number of nitro benzene ring substituents is 2. The summed E-state index contributed by atoms with van der Waals surface area (Å²) in [4.78, 5) is 17.2. The molecule has 6 aromatic rings. The Labute approximate surface area is 351 Å². The van der Waals surface area contributed by atoms with Crippen molar-refractivity contribution >= 4 is 63.6 Å². The zero-order chi connectivity index (χ0) is 46.1. The molecule has 0 aromatic heterocycles. The number of sulfone groups is 3. The molecule has 0 unspecified atom stereocenters. The Morgan fingerprint density at radius 2 is 0.794 bits per heavy atom. The van der Waals surface area contributed by atoms with Gasteiger partial charge >= 0.3 is 11.0 Å². The van der Waals surface area contributed by atoms with Crippen molar-refractivity contribution in [3.8, 4) is 23.0 Å². The molecule has 0 aliphatic heterocycles. The molecule has 0 aliphatic carbocycles. The Bertz CT molecular complexity index is 2870. The number of nitrogens with one attached hydrogen (secondary N) is 2. The van der Waals surface area contributed by atoms with E-state index in [0.717, 1.165) is 48.5 Å². The molecular formula is C38H24F6N4O12S3. The minimum atomic E-state index is -6.27. The predicted octanol–water partition coefficient (Wildman–Crippen LogP) is 9.99. The quantitative estimate of drug-likeness (QED) is 0.0588. The van der Waals surface area contributed by atoms with E-state index in [1.54, 1.807) is 12.1 Å².